The lowest BCUT2D eigenvalue weighted by Crippen LogP contribution is -3.15. The normalized spacial score (nSPS) is 14.3. The Morgan fingerprint density at radius 3 is 2.43 bits per heavy atom. The zero-order chi connectivity index (χ0) is 21.5. The van der Waals surface area contributed by atoms with Gasteiger partial charge >= 0.3 is 0 Å². The third-order valence-corrected chi connectivity index (χ3v) is 5.61. The number of nitrogens with zero attached hydrogens (tertiary/aromatic N) is 2. The summed E-state index contributed by atoms with van der Waals surface area (Å²) in [5.41, 5.74) is 2.10. The summed E-state index contributed by atoms with van der Waals surface area (Å²) in [6, 6.07) is 13.9. The Bertz CT molecular complexity index is 850. The highest BCUT2D eigenvalue weighted by Gasteiger charge is 2.24. The molecule has 0 saturated carbocycles. The Balaban J connectivity index is 1.53. The lowest BCUT2D eigenvalue weighted by atomic mass is 10.1. The van der Waals surface area contributed by atoms with Gasteiger partial charge in [0.05, 0.1) is 47.5 Å². The van der Waals surface area contributed by atoms with Crippen LogP contribution in [0.1, 0.15) is 5.56 Å². The number of rotatable bonds is 8. The van der Waals surface area contributed by atoms with Gasteiger partial charge in [0.15, 0.2) is 18.0 Å². The van der Waals surface area contributed by atoms with E-state index in [1.807, 2.05) is 37.4 Å². The first-order chi connectivity index (χ1) is 14.5. The fraction of sp³-hybridized carbons (Fsp3) is 0.435. The number of anilines is 1. The van der Waals surface area contributed by atoms with Crippen molar-refractivity contribution in [1.29, 1.82) is 0 Å². The SMILES string of the molecule is COc1cccc(N2CC[NH+](CC(=O)N(C)Cc3cccc(OC)c3OC)CC2)c1. The molecule has 7 nitrogen and oxygen atoms in total. The summed E-state index contributed by atoms with van der Waals surface area (Å²) in [6.45, 7) is 4.68. The van der Waals surface area contributed by atoms with Crippen molar-refractivity contribution in [3.8, 4) is 17.2 Å². The zero-order valence-corrected chi connectivity index (χ0v) is 18.3. The minimum absolute atomic E-state index is 0.129. The van der Waals surface area contributed by atoms with E-state index in [0.29, 0.717) is 24.6 Å². The molecule has 162 valence electrons. The minimum atomic E-state index is 0.129. The maximum absolute atomic E-state index is 12.8. The van der Waals surface area contributed by atoms with Crippen LogP contribution in [0.5, 0.6) is 17.2 Å². The number of piperazine rings is 1. The molecule has 30 heavy (non-hydrogen) atoms. The van der Waals surface area contributed by atoms with Crippen LogP contribution < -0.4 is 24.0 Å². The highest BCUT2D eigenvalue weighted by atomic mass is 16.5. The average Bonchev–Trinajstić information content (AvgIpc) is 2.79. The van der Waals surface area contributed by atoms with Gasteiger partial charge in [-0.05, 0) is 18.2 Å². The van der Waals surface area contributed by atoms with E-state index in [2.05, 4.69) is 17.0 Å². The number of likely N-dealkylation sites (N-methyl/N-ethyl adjacent to an activating group) is 1. The van der Waals surface area contributed by atoms with E-state index >= 15 is 0 Å². The second kappa shape index (κ2) is 10.2. The fourth-order valence-corrected chi connectivity index (χ4v) is 3.84. The Hall–Kier alpha value is -2.93. The Kier molecular flexibility index (Phi) is 7.41. The van der Waals surface area contributed by atoms with Crippen molar-refractivity contribution in [1.82, 2.24) is 4.90 Å². The molecule has 0 atom stereocenters. The van der Waals surface area contributed by atoms with Crippen molar-refractivity contribution in [2.75, 3.05) is 66.0 Å². The molecule has 0 aliphatic carbocycles. The van der Waals surface area contributed by atoms with Crippen LogP contribution >= 0.6 is 0 Å². The number of nitrogens with one attached hydrogen (secondary N) is 1. The standard InChI is InChI=1S/C23H31N3O4/c1-24(16-18-7-5-10-21(29-3)23(18)30-4)22(27)17-25-11-13-26(14-12-25)19-8-6-9-20(15-19)28-2/h5-10,15H,11-14,16-17H2,1-4H3/p+1. The van der Waals surface area contributed by atoms with Crippen LogP contribution in [-0.2, 0) is 11.3 Å². The maximum atomic E-state index is 12.8. The van der Waals surface area contributed by atoms with E-state index < -0.39 is 0 Å². The van der Waals surface area contributed by atoms with Gasteiger partial charge in [-0.1, -0.05) is 18.2 Å². The molecule has 0 radical (unpaired) electrons. The van der Waals surface area contributed by atoms with E-state index in [9.17, 15) is 4.79 Å². The Labute approximate surface area is 178 Å². The maximum Gasteiger partial charge on any atom is 0.277 e. The van der Waals surface area contributed by atoms with Gasteiger partial charge in [0.1, 0.15) is 5.75 Å². The lowest BCUT2D eigenvalue weighted by Gasteiger charge is -2.34. The van der Waals surface area contributed by atoms with Crippen LogP contribution in [0.2, 0.25) is 0 Å². The summed E-state index contributed by atoms with van der Waals surface area (Å²) in [7, 11) is 6.76. The first kappa shape index (κ1) is 21.8. The van der Waals surface area contributed by atoms with Gasteiger partial charge in [0.25, 0.3) is 5.91 Å². The van der Waals surface area contributed by atoms with Crippen molar-refractivity contribution in [3.05, 3.63) is 48.0 Å². The van der Waals surface area contributed by atoms with Gasteiger partial charge < -0.3 is 28.9 Å². The number of para-hydroxylation sites is 1. The van der Waals surface area contributed by atoms with Gasteiger partial charge in [-0.3, -0.25) is 4.79 Å². The van der Waals surface area contributed by atoms with Crippen LogP contribution in [0.3, 0.4) is 0 Å². The summed E-state index contributed by atoms with van der Waals surface area (Å²) in [6.07, 6.45) is 0. The monoisotopic (exact) mass is 414 g/mol. The molecule has 2 aromatic carbocycles. The van der Waals surface area contributed by atoms with Crippen molar-refractivity contribution in [2.24, 2.45) is 0 Å². The topological polar surface area (TPSA) is 55.7 Å². The molecule has 0 spiro atoms. The molecule has 1 heterocycles. The fourth-order valence-electron chi connectivity index (χ4n) is 3.84. The van der Waals surface area contributed by atoms with Crippen molar-refractivity contribution < 1.29 is 23.9 Å². The van der Waals surface area contributed by atoms with Crippen molar-refractivity contribution in [2.45, 2.75) is 6.54 Å². The number of ether oxygens (including phenoxy) is 3. The number of carbonyl (C=O) groups is 1. The van der Waals surface area contributed by atoms with E-state index in [1.54, 1.807) is 26.2 Å². The van der Waals surface area contributed by atoms with Gasteiger partial charge in [-0.25, -0.2) is 0 Å². The summed E-state index contributed by atoms with van der Waals surface area (Å²) in [5.74, 6) is 2.35. The molecule has 0 bridgehead atoms. The molecule has 0 aromatic heterocycles. The van der Waals surface area contributed by atoms with Gasteiger partial charge in [0, 0.05) is 30.9 Å². The largest absolute Gasteiger partial charge is 0.497 e. The van der Waals surface area contributed by atoms with Gasteiger partial charge in [0.2, 0.25) is 0 Å². The molecule has 7 heteroatoms. The number of quaternary nitrogens is 1. The number of amides is 1. The van der Waals surface area contributed by atoms with Crippen LogP contribution in [0.15, 0.2) is 42.5 Å². The van der Waals surface area contributed by atoms with Crippen LogP contribution in [0.4, 0.5) is 5.69 Å². The van der Waals surface area contributed by atoms with Crippen molar-refractivity contribution >= 4 is 11.6 Å². The highest BCUT2D eigenvalue weighted by molar-refractivity contribution is 5.77. The summed E-state index contributed by atoms with van der Waals surface area (Å²) in [5, 5.41) is 0. The lowest BCUT2D eigenvalue weighted by molar-refractivity contribution is -0.892. The minimum Gasteiger partial charge on any atom is -0.497 e. The third kappa shape index (κ3) is 5.16. The highest BCUT2D eigenvalue weighted by Crippen LogP contribution is 2.31. The van der Waals surface area contributed by atoms with E-state index in [4.69, 9.17) is 14.2 Å². The summed E-state index contributed by atoms with van der Waals surface area (Å²) in [4.78, 5) is 18.2. The quantitative estimate of drug-likeness (QED) is 0.701. The van der Waals surface area contributed by atoms with E-state index in [0.717, 1.165) is 37.5 Å². The van der Waals surface area contributed by atoms with Crippen molar-refractivity contribution in [3.63, 3.8) is 0 Å². The first-order valence-corrected chi connectivity index (χ1v) is 10.2. The van der Waals surface area contributed by atoms with E-state index in [-0.39, 0.29) is 5.91 Å². The third-order valence-electron chi connectivity index (χ3n) is 5.61. The van der Waals surface area contributed by atoms with Crippen LogP contribution in [0.25, 0.3) is 0 Å². The predicted molar refractivity (Wildman–Crippen MR) is 117 cm³/mol. The molecule has 1 amide bonds. The smallest absolute Gasteiger partial charge is 0.277 e. The average molecular weight is 415 g/mol. The molecular formula is C23H32N3O4+. The first-order valence-electron chi connectivity index (χ1n) is 10.2. The number of benzene rings is 2. The second-order valence-corrected chi connectivity index (χ2v) is 7.52. The Morgan fingerprint density at radius 1 is 1.03 bits per heavy atom. The molecule has 1 fully saturated rings. The molecule has 1 saturated heterocycles. The molecule has 1 aliphatic rings. The van der Waals surface area contributed by atoms with Gasteiger partial charge in [-0.15, -0.1) is 0 Å². The molecule has 1 N–H and O–H groups in total. The van der Waals surface area contributed by atoms with Crippen LogP contribution in [0, 0.1) is 0 Å². The number of hydrogen-bond acceptors (Lipinski definition) is 5. The number of carbonyl (C=O) groups excluding carboxylic acids is 1. The van der Waals surface area contributed by atoms with Crippen LogP contribution in [-0.4, -0.2) is 71.9 Å². The molecule has 0 unspecified atom stereocenters. The molecule has 3 rings (SSSR count). The second-order valence-electron chi connectivity index (χ2n) is 7.52. The van der Waals surface area contributed by atoms with E-state index in [1.165, 1.54) is 10.6 Å². The molecular weight excluding hydrogens is 382 g/mol. The summed E-state index contributed by atoms with van der Waals surface area (Å²) < 4.78 is 16.2. The zero-order valence-electron chi connectivity index (χ0n) is 18.3. The number of hydrogen-bond donors (Lipinski definition) is 1. The molecule has 2 aromatic rings. The molecule has 1 aliphatic heterocycles. The Morgan fingerprint density at radius 2 is 1.77 bits per heavy atom. The van der Waals surface area contributed by atoms with Gasteiger partial charge in [-0.2, -0.15) is 0 Å². The number of methoxy groups -OCH3 is 3. The predicted octanol–water partition coefficient (Wildman–Crippen LogP) is 1.08. The summed E-state index contributed by atoms with van der Waals surface area (Å²) >= 11 is 0.